The van der Waals surface area contributed by atoms with E-state index in [1.54, 1.807) is 0 Å². The second-order valence-corrected chi connectivity index (χ2v) is 8.87. The molecule has 0 amide bonds. The van der Waals surface area contributed by atoms with Crippen molar-refractivity contribution in [1.82, 2.24) is 4.90 Å². The van der Waals surface area contributed by atoms with Crippen LogP contribution in [-0.2, 0) is 5.41 Å². The minimum atomic E-state index is 0.265. The zero-order valence-corrected chi connectivity index (χ0v) is 18.4. The Morgan fingerprint density at radius 1 is 1.04 bits per heavy atom. The molecule has 1 aliphatic rings. The summed E-state index contributed by atoms with van der Waals surface area (Å²) in [5, 5.41) is 0. The topological polar surface area (TPSA) is 12.5 Å². The van der Waals surface area contributed by atoms with Crippen LogP contribution in [0.5, 0.6) is 5.75 Å². The van der Waals surface area contributed by atoms with Crippen molar-refractivity contribution in [3.63, 3.8) is 0 Å². The fourth-order valence-electron chi connectivity index (χ4n) is 4.37. The van der Waals surface area contributed by atoms with Gasteiger partial charge in [0.25, 0.3) is 0 Å². The van der Waals surface area contributed by atoms with Crippen LogP contribution in [0.15, 0.2) is 24.3 Å². The van der Waals surface area contributed by atoms with Gasteiger partial charge in [0.1, 0.15) is 5.75 Å². The van der Waals surface area contributed by atoms with Gasteiger partial charge in [0, 0.05) is 6.54 Å². The highest BCUT2D eigenvalue weighted by molar-refractivity contribution is 5.34. The third-order valence-electron chi connectivity index (χ3n) is 6.66. The maximum Gasteiger partial charge on any atom is 0.119 e. The Balaban J connectivity index is 1.88. The van der Waals surface area contributed by atoms with Gasteiger partial charge in [-0.1, -0.05) is 78.4 Å². The minimum absolute atomic E-state index is 0.265. The minimum Gasteiger partial charge on any atom is -0.494 e. The number of piperidine rings is 1. The molecule has 154 valence electrons. The van der Waals surface area contributed by atoms with Gasteiger partial charge < -0.3 is 9.64 Å². The number of rotatable bonds is 12. The van der Waals surface area contributed by atoms with Gasteiger partial charge in [0.15, 0.2) is 0 Å². The molecule has 1 heterocycles. The monoisotopic (exact) mass is 373 g/mol. The van der Waals surface area contributed by atoms with Gasteiger partial charge in [-0.05, 0) is 61.4 Å². The molecule has 0 aliphatic carbocycles. The second kappa shape index (κ2) is 11.7. The average Bonchev–Trinajstić information content (AvgIpc) is 2.68. The third kappa shape index (κ3) is 6.82. The predicted molar refractivity (Wildman–Crippen MR) is 118 cm³/mol. The van der Waals surface area contributed by atoms with Gasteiger partial charge >= 0.3 is 0 Å². The highest BCUT2D eigenvalue weighted by atomic mass is 16.5. The number of nitrogens with zero attached hydrogens (tertiary/aromatic N) is 1. The largest absolute Gasteiger partial charge is 0.494 e. The zero-order chi connectivity index (χ0) is 19.5. The lowest BCUT2D eigenvalue weighted by Gasteiger charge is -2.45. The Labute approximate surface area is 168 Å². The highest BCUT2D eigenvalue weighted by Gasteiger charge is 2.37. The molecule has 1 aromatic carbocycles. The summed E-state index contributed by atoms with van der Waals surface area (Å²) in [6.07, 6.45) is 11.7. The first kappa shape index (κ1) is 22.3. The molecule has 2 rings (SSSR count). The lowest BCUT2D eigenvalue weighted by atomic mass is 9.68. The molecule has 2 nitrogen and oxygen atoms in total. The number of hydrogen-bond acceptors (Lipinski definition) is 2. The summed E-state index contributed by atoms with van der Waals surface area (Å²) in [5.74, 6) is 1.73. The van der Waals surface area contributed by atoms with Crippen molar-refractivity contribution in [3.8, 4) is 5.75 Å². The molecule has 1 aliphatic heterocycles. The lowest BCUT2D eigenvalue weighted by molar-refractivity contribution is 0.109. The number of hydrogen-bond donors (Lipinski definition) is 0. The molecular weight excluding hydrogens is 330 g/mol. The summed E-state index contributed by atoms with van der Waals surface area (Å²) in [6.45, 7) is 14.0. The Morgan fingerprint density at radius 2 is 1.78 bits per heavy atom. The van der Waals surface area contributed by atoms with Crippen LogP contribution >= 0.6 is 0 Å². The van der Waals surface area contributed by atoms with Gasteiger partial charge in [-0.3, -0.25) is 0 Å². The lowest BCUT2D eigenvalue weighted by Crippen LogP contribution is -2.47. The van der Waals surface area contributed by atoms with Crippen molar-refractivity contribution in [3.05, 3.63) is 29.8 Å². The van der Waals surface area contributed by atoms with Gasteiger partial charge in [-0.15, -0.1) is 0 Å². The van der Waals surface area contributed by atoms with Gasteiger partial charge in [0.05, 0.1) is 6.61 Å². The average molecular weight is 374 g/mol. The molecule has 2 heteroatoms. The van der Waals surface area contributed by atoms with Crippen molar-refractivity contribution < 1.29 is 4.74 Å². The third-order valence-corrected chi connectivity index (χ3v) is 6.66. The first-order chi connectivity index (χ1) is 13.1. The van der Waals surface area contributed by atoms with Crippen molar-refractivity contribution in [2.75, 3.05) is 26.2 Å². The van der Waals surface area contributed by atoms with E-state index in [0.717, 1.165) is 12.4 Å². The van der Waals surface area contributed by atoms with Crippen LogP contribution in [0, 0.1) is 5.92 Å². The van der Waals surface area contributed by atoms with Crippen molar-refractivity contribution >= 4 is 0 Å². The maximum absolute atomic E-state index is 6.05. The van der Waals surface area contributed by atoms with Crippen LogP contribution in [-0.4, -0.2) is 31.1 Å². The second-order valence-electron chi connectivity index (χ2n) is 8.87. The van der Waals surface area contributed by atoms with Crippen LogP contribution in [0.3, 0.4) is 0 Å². The highest BCUT2D eigenvalue weighted by Crippen LogP contribution is 2.40. The van der Waals surface area contributed by atoms with Crippen LogP contribution in [0.2, 0.25) is 0 Å². The van der Waals surface area contributed by atoms with E-state index in [2.05, 4.69) is 56.9 Å². The molecule has 0 saturated carbocycles. The van der Waals surface area contributed by atoms with E-state index < -0.39 is 0 Å². The molecule has 1 fully saturated rings. The van der Waals surface area contributed by atoms with Crippen molar-refractivity contribution in [1.29, 1.82) is 0 Å². The number of likely N-dealkylation sites (tertiary alicyclic amines) is 1. The van der Waals surface area contributed by atoms with E-state index in [9.17, 15) is 0 Å². The summed E-state index contributed by atoms with van der Waals surface area (Å²) in [6, 6.07) is 8.94. The Morgan fingerprint density at radius 3 is 2.48 bits per heavy atom. The molecule has 27 heavy (non-hydrogen) atoms. The quantitative estimate of drug-likeness (QED) is 0.372. The SMILES string of the molecule is CCCCCCOc1cccc(C2(C)CCN(CCCCCC)CC2C)c1. The molecule has 1 saturated heterocycles. The summed E-state index contributed by atoms with van der Waals surface area (Å²) in [5.41, 5.74) is 1.73. The molecule has 0 N–H and O–H groups in total. The van der Waals surface area contributed by atoms with E-state index in [1.165, 1.54) is 83.0 Å². The van der Waals surface area contributed by atoms with E-state index in [4.69, 9.17) is 4.74 Å². The Bertz CT molecular complexity index is 529. The number of ether oxygens (including phenoxy) is 1. The normalized spacial score (nSPS) is 23.5. The van der Waals surface area contributed by atoms with Gasteiger partial charge in [-0.2, -0.15) is 0 Å². The summed E-state index contributed by atoms with van der Waals surface area (Å²) in [4.78, 5) is 2.69. The fourth-order valence-corrected chi connectivity index (χ4v) is 4.37. The number of unbranched alkanes of at least 4 members (excludes halogenated alkanes) is 6. The van der Waals surface area contributed by atoms with Crippen LogP contribution < -0.4 is 4.74 Å². The predicted octanol–water partition coefficient (Wildman–Crippen LogP) is 6.83. The molecule has 0 spiro atoms. The van der Waals surface area contributed by atoms with Gasteiger partial charge in [0.2, 0.25) is 0 Å². The van der Waals surface area contributed by atoms with E-state index in [-0.39, 0.29) is 5.41 Å². The summed E-state index contributed by atoms with van der Waals surface area (Å²) < 4.78 is 6.05. The zero-order valence-electron chi connectivity index (χ0n) is 18.4. The molecule has 0 radical (unpaired) electrons. The van der Waals surface area contributed by atoms with Crippen LogP contribution in [0.1, 0.15) is 91.0 Å². The standard InChI is InChI=1S/C25H43NO/c1-5-7-9-11-17-26-18-16-25(4,22(3)21-26)23-14-13-15-24(20-23)27-19-12-10-8-6-2/h13-15,20,22H,5-12,16-19,21H2,1-4H3. The molecular formula is C25H43NO. The molecule has 2 unspecified atom stereocenters. The number of benzene rings is 1. The summed E-state index contributed by atoms with van der Waals surface area (Å²) >= 11 is 0. The van der Waals surface area contributed by atoms with Crippen LogP contribution in [0.25, 0.3) is 0 Å². The van der Waals surface area contributed by atoms with E-state index >= 15 is 0 Å². The molecule has 0 bridgehead atoms. The van der Waals surface area contributed by atoms with Crippen LogP contribution in [0.4, 0.5) is 0 Å². The van der Waals surface area contributed by atoms with Crippen molar-refractivity contribution in [2.24, 2.45) is 5.92 Å². The van der Waals surface area contributed by atoms with Gasteiger partial charge in [-0.25, -0.2) is 0 Å². The summed E-state index contributed by atoms with van der Waals surface area (Å²) in [7, 11) is 0. The smallest absolute Gasteiger partial charge is 0.119 e. The Hall–Kier alpha value is -1.02. The molecule has 2 atom stereocenters. The molecule has 0 aromatic heterocycles. The Kier molecular flexibility index (Phi) is 9.68. The maximum atomic E-state index is 6.05. The molecule has 1 aromatic rings. The van der Waals surface area contributed by atoms with E-state index in [1.807, 2.05) is 0 Å². The van der Waals surface area contributed by atoms with Crippen molar-refractivity contribution in [2.45, 2.75) is 90.9 Å². The first-order valence-corrected chi connectivity index (χ1v) is 11.6. The van der Waals surface area contributed by atoms with E-state index in [0.29, 0.717) is 5.92 Å². The first-order valence-electron chi connectivity index (χ1n) is 11.6. The fraction of sp³-hybridized carbons (Fsp3) is 0.760.